The van der Waals surface area contributed by atoms with Gasteiger partial charge in [0.25, 0.3) is 0 Å². The van der Waals surface area contributed by atoms with Crippen LogP contribution in [0.2, 0.25) is 0 Å². The van der Waals surface area contributed by atoms with E-state index in [-0.39, 0.29) is 16.2 Å². The summed E-state index contributed by atoms with van der Waals surface area (Å²) in [5.74, 6) is 1.95. The molecule has 0 aromatic heterocycles. The monoisotopic (exact) mass is 746 g/mol. The SMILES string of the molecule is CCCOP(N[P+](N=[P+](OCCC)Oc1ccc(C(C)(C)C)cc1)(OCCC)Oc1ccc(C(C)(C)C)cc1)Oc1ccc(C(C)(C)C)cc1. The van der Waals surface area contributed by atoms with E-state index in [4.69, 9.17) is 31.7 Å². The smallest absolute Gasteiger partial charge is 0.434 e. The van der Waals surface area contributed by atoms with Gasteiger partial charge in [-0.2, -0.15) is 4.52 Å². The van der Waals surface area contributed by atoms with Gasteiger partial charge in [0.15, 0.2) is 11.5 Å². The van der Waals surface area contributed by atoms with E-state index in [2.05, 4.69) is 124 Å². The van der Waals surface area contributed by atoms with Crippen molar-refractivity contribution in [2.24, 2.45) is 4.52 Å². The van der Waals surface area contributed by atoms with E-state index in [1.165, 1.54) is 16.7 Å². The van der Waals surface area contributed by atoms with Gasteiger partial charge in [-0.25, -0.2) is 4.52 Å². The minimum Gasteiger partial charge on any atom is -0.434 e. The molecule has 0 aliphatic carbocycles. The van der Waals surface area contributed by atoms with E-state index in [1.54, 1.807) is 0 Å². The van der Waals surface area contributed by atoms with Crippen LogP contribution in [-0.4, -0.2) is 19.8 Å². The summed E-state index contributed by atoms with van der Waals surface area (Å²) in [4.78, 5) is 3.52. The molecule has 0 fully saturated rings. The van der Waals surface area contributed by atoms with Gasteiger partial charge in [0, 0.05) is 0 Å². The van der Waals surface area contributed by atoms with Crippen LogP contribution >= 0.6 is 24.7 Å². The van der Waals surface area contributed by atoms with Crippen molar-refractivity contribution in [3.63, 3.8) is 0 Å². The van der Waals surface area contributed by atoms with Gasteiger partial charge in [0.05, 0.1) is 13.2 Å². The molecule has 0 bridgehead atoms. The Balaban J connectivity index is 2.12. The predicted octanol–water partition coefficient (Wildman–Crippen LogP) is 13.4. The first-order chi connectivity index (χ1) is 23.5. The van der Waals surface area contributed by atoms with Gasteiger partial charge < -0.3 is 9.05 Å². The molecule has 3 unspecified atom stereocenters. The molecule has 11 heteroatoms. The van der Waals surface area contributed by atoms with E-state index in [9.17, 15) is 0 Å². The number of hydrogen-bond donors (Lipinski definition) is 1. The van der Waals surface area contributed by atoms with E-state index >= 15 is 0 Å². The summed E-state index contributed by atoms with van der Waals surface area (Å²) in [6.07, 6.45) is 2.35. The quantitative estimate of drug-likeness (QED) is 0.130. The maximum absolute atomic E-state index is 6.82. The molecule has 3 aromatic rings. The van der Waals surface area contributed by atoms with Crippen LogP contribution in [0.25, 0.3) is 0 Å². The van der Waals surface area contributed by atoms with Crippen molar-refractivity contribution in [2.75, 3.05) is 19.8 Å². The van der Waals surface area contributed by atoms with E-state index in [0.29, 0.717) is 37.1 Å². The van der Waals surface area contributed by atoms with Crippen LogP contribution in [0, 0.1) is 0 Å². The summed E-state index contributed by atoms with van der Waals surface area (Å²) in [5, 5.41) is 0. The fourth-order valence-electron chi connectivity index (χ4n) is 4.42. The van der Waals surface area contributed by atoms with E-state index in [0.717, 1.165) is 19.3 Å². The molecule has 3 aromatic carbocycles. The molecule has 0 saturated heterocycles. The number of nitrogens with one attached hydrogen (secondary N) is 1. The minimum atomic E-state index is -3.40. The van der Waals surface area contributed by atoms with Crippen molar-refractivity contribution in [2.45, 2.75) is 119 Å². The zero-order valence-electron chi connectivity index (χ0n) is 32.4. The predicted molar refractivity (Wildman–Crippen MR) is 212 cm³/mol. The molecule has 0 amide bonds. The second kappa shape index (κ2) is 19.1. The largest absolute Gasteiger partial charge is 0.660 e. The van der Waals surface area contributed by atoms with Crippen molar-refractivity contribution in [1.82, 2.24) is 4.86 Å². The number of nitrogens with zero attached hydrogens (tertiary/aromatic N) is 1. The Morgan fingerprint density at radius 3 is 1.48 bits per heavy atom. The molecule has 0 aliphatic rings. The van der Waals surface area contributed by atoms with Gasteiger partial charge in [-0.3, -0.25) is 4.52 Å². The van der Waals surface area contributed by atoms with Crippen molar-refractivity contribution in [1.29, 1.82) is 0 Å². The van der Waals surface area contributed by atoms with Crippen LogP contribution in [-0.2, 0) is 29.8 Å². The highest BCUT2D eigenvalue weighted by Crippen LogP contribution is 2.67. The molecule has 1 N–H and O–H groups in total. The highest BCUT2D eigenvalue weighted by atomic mass is 31.3. The molecule has 276 valence electrons. The third-order valence-electron chi connectivity index (χ3n) is 7.45. The Morgan fingerprint density at radius 2 is 1.04 bits per heavy atom. The van der Waals surface area contributed by atoms with Crippen molar-refractivity contribution in [3.05, 3.63) is 89.5 Å². The molecule has 0 spiro atoms. The Morgan fingerprint density at radius 1 is 0.600 bits per heavy atom. The van der Waals surface area contributed by atoms with Crippen molar-refractivity contribution in [3.8, 4) is 17.2 Å². The number of benzene rings is 3. The summed E-state index contributed by atoms with van der Waals surface area (Å²) < 4.78 is 44.2. The van der Waals surface area contributed by atoms with E-state index in [1.807, 2.05) is 36.4 Å². The minimum absolute atomic E-state index is 0.0104. The molecule has 3 rings (SSSR count). The third-order valence-corrected chi connectivity index (χ3v) is 13.2. The molecular formula is C39H61N2O6P3+2. The zero-order valence-corrected chi connectivity index (χ0v) is 35.1. The summed E-state index contributed by atoms with van der Waals surface area (Å²) >= 11 is 0. The van der Waals surface area contributed by atoms with Gasteiger partial charge >= 0.3 is 24.7 Å². The van der Waals surface area contributed by atoms with Gasteiger partial charge in [-0.05, 0) is 93.5 Å². The van der Waals surface area contributed by atoms with Gasteiger partial charge in [-0.15, -0.1) is 4.52 Å². The van der Waals surface area contributed by atoms with Gasteiger partial charge in [-0.1, -0.05) is 119 Å². The lowest BCUT2D eigenvalue weighted by atomic mass is 9.87. The van der Waals surface area contributed by atoms with Crippen LogP contribution in [0.4, 0.5) is 0 Å². The molecule has 0 saturated carbocycles. The van der Waals surface area contributed by atoms with Crippen LogP contribution in [0.3, 0.4) is 0 Å². The van der Waals surface area contributed by atoms with Gasteiger partial charge in [0.1, 0.15) is 12.4 Å². The topological polar surface area (TPSA) is 79.8 Å². The molecule has 0 radical (unpaired) electrons. The standard InChI is InChI=1S/C39H61N2O6P3/c1-13-28-42-48(45-34-22-16-31(17-23-34)37(4,5)6)40-50(44-30-15-3,47-36-26-20-33(21-27-36)39(10,11)12)41-49(43-29-14-2)46-35-24-18-32(19-25-35)38(7,8)9/h16-27,40H,13-15,28-30H2,1-12H3/q+2. The maximum Gasteiger partial charge on any atom is 0.660 e. The number of hydrogen-bond acceptors (Lipinski definition) is 8. The highest BCUT2D eigenvalue weighted by Gasteiger charge is 2.57. The molecule has 8 nitrogen and oxygen atoms in total. The molecular weight excluding hydrogens is 685 g/mol. The summed E-state index contributed by atoms with van der Waals surface area (Å²) in [7, 11) is -7.03. The second-order valence-corrected chi connectivity index (χ2v) is 20.2. The summed E-state index contributed by atoms with van der Waals surface area (Å²) in [5.41, 5.74) is 3.65. The Bertz CT molecular complexity index is 1460. The average molecular weight is 747 g/mol. The van der Waals surface area contributed by atoms with Crippen molar-refractivity contribution >= 4 is 24.7 Å². The molecule has 0 heterocycles. The van der Waals surface area contributed by atoms with Crippen LogP contribution in [0.1, 0.15) is 119 Å². The maximum atomic E-state index is 6.82. The molecule has 50 heavy (non-hydrogen) atoms. The average Bonchev–Trinajstić information content (AvgIpc) is 3.04. The fourth-order valence-corrected chi connectivity index (χ4v) is 10.3. The Labute approximate surface area is 305 Å². The third kappa shape index (κ3) is 13.8. The Hall–Kier alpha value is -2.14. The highest BCUT2D eigenvalue weighted by molar-refractivity contribution is 7.75. The Kier molecular flexibility index (Phi) is 16.1. The molecule has 0 aliphatic heterocycles. The summed E-state index contributed by atoms with van der Waals surface area (Å²) in [6.45, 7) is 27.2. The lowest BCUT2D eigenvalue weighted by Gasteiger charge is -2.23. The van der Waals surface area contributed by atoms with Crippen LogP contribution in [0.15, 0.2) is 77.3 Å². The van der Waals surface area contributed by atoms with Crippen molar-refractivity contribution < 1.29 is 27.1 Å². The molecule has 3 atom stereocenters. The summed E-state index contributed by atoms with van der Waals surface area (Å²) in [6, 6.07) is 24.3. The van der Waals surface area contributed by atoms with E-state index < -0.39 is 24.7 Å². The van der Waals surface area contributed by atoms with Crippen LogP contribution < -0.4 is 18.4 Å². The zero-order chi connectivity index (χ0) is 37.0. The normalized spacial score (nSPS) is 14.6. The van der Waals surface area contributed by atoms with Crippen LogP contribution in [0.5, 0.6) is 17.2 Å². The fraction of sp³-hybridized carbons (Fsp3) is 0.538. The lowest BCUT2D eigenvalue weighted by molar-refractivity contribution is 0.280. The first-order valence-electron chi connectivity index (χ1n) is 17.8. The second-order valence-electron chi connectivity index (χ2n) is 15.3. The first kappa shape index (κ1) is 42.3. The lowest BCUT2D eigenvalue weighted by Crippen LogP contribution is -2.21. The first-order valence-corrected chi connectivity index (χ1v) is 21.6. The van der Waals surface area contributed by atoms with Gasteiger partial charge in [0.2, 0.25) is 4.52 Å². The number of rotatable bonds is 18.